The lowest BCUT2D eigenvalue weighted by Gasteiger charge is -2.34. The number of carboxylic acids is 1. The third-order valence-corrected chi connectivity index (χ3v) is 5.25. The number of carbonyl (C=O) groups excluding carboxylic acids is 2. The number of hydrogen-bond acceptors (Lipinski definition) is 4. The highest BCUT2D eigenvalue weighted by Gasteiger charge is 2.35. The van der Waals surface area contributed by atoms with Crippen molar-refractivity contribution in [3.8, 4) is 5.75 Å². The number of carboxylic acid groups (broad SMARTS) is 1. The maximum Gasteiger partial charge on any atom is 0.331 e. The Hall–Kier alpha value is -3.35. The smallest absolute Gasteiger partial charge is 0.331 e. The maximum absolute atomic E-state index is 12.7. The first-order valence-electron chi connectivity index (χ1n) is 9.67. The number of benzene rings is 2. The molecule has 2 N–H and O–H groups in total. The Morgan fingerprint density at radius 3 is 2.66 bits per heavy atom. The molecule has 1 atom stereocenters. The summed E-state index contributed by atoms with van der Waals surface area (Å²) < 4.78 is 5.60. The number of ether oxygens (including phenoxy) is 1. The van der Waals surface area contributed by atoms with Crippen molar-refractivity contribution in [3.05, 3.63) is 59.7 Å². The number of aliphatic carboxylic acids is 1. The molecule has 1 unspecified atom stereocenters. The minimum atomic E-state index is -1.06. The van der Waals surface area contributed by atoms with Crippen molar-refractivity contribution >= 4 is 23.5 Å². The molecule has 0 aromatic heterocycles. The fraction of sp³-hybridized carbons (Fsp3) is 0.318. The largest absolute Gasteiger partial charge is 0.484 e. The lowest BCUT2D eigenvalue weighted by Crippen LogP contribution is -2.45. The van der Waals surface area contributed by atoms with Crippen LogP contribution in [0.5, 0.6) is 5.75 Å². The Morgan fingerprint density at radius 2 is 1.90 bits per heavy atom. The molecule has 0 radical (unpaired) electrons. The van der Waals surface area contributed by atoms with E-state index < -0.39 is 12.0 Å². The molecule has 1 heterocycles. The van der Waals surface area contributed by atoms with Gasteiger partial charge >= 0.3 is 5.97 Å². The molecule has 1 aliphatic heterocycles. The van der Waals surface area contributed by atoms with Gasteiger partial charge in [0.25, 0.3) is 5.91 Å². The van der Waals surface area contributed by atoms with Crippen molar-refractivity contribution < 1.29 is 24.2 Å². The summed E-state index contributed by atoms with van der Waals surface area (Å²) in [4.78, 5) is 37.8. The number of fused-ring (bicyclic) bond motifs is 1. The average molecular weight is 394 g/mol. The lowest BCUT2D eigenvalue weighted by atomic mass is 9.92. The fourth-order valence-electron chi connectivity index (χ4n) is 3.58. The first kappa shape index (κ1) is 19.0. The summed E-state index contributed by atoms with van der Waals surface area (Å²) in [7, 11) is 0. The third-order valence-electron chi connectivity index (χ3n) is 5.25. The van der Waals surface area contributed by atoms with Gasteiger partial charge < -0.3 is 20.1 Å². The quantitative estimate of drug-likeness (QED) is 0.785. The highest BCUT2D eigenvalue weighted by Crippen LogP contribution is 2.31. The Morgan fingerprint density at radius 1 is 1.10 bits per heavy atom. The Kier molecular flexibility index (Phi) is 5.20. The first-order chi connectivity index (χ1) is 14.0. The first-order valence-corrected chi connectivity index (χ1v) is 9.67. The number of anilines is 1. The van der Waals surface area contributed by atoms with Gasteiger partial charge in [-0.25, -0.2) is 4.79 Å². The molecule has 7 heteroatoms. The molecular formula is C22H22N2O5. The topological polar surface area (TPSA) is 95.9 Å². The van der Waals surface area contributed by atoms with Gasteiger partial charge in [0.1, 0.15) is 5.75 Å². The van der Waals surface area contributed by atoms with Crippen LogP contribution in [-0.2, 0) is 20.8 Å². The standard InChI is InChI=1S/C22H22N2O5/c25-19(24-11-10-14-4-1-2-7-18(14)20(24)22(27)28)13-29-17-6-3-5-16(12-17)23-21(26)15-8-9-15/h1-7,12,15,20H,8-11,13H2,(H,23,26)(H,27,28). The van der Waals surface area contributed by atoms with Gasteiger partial charge in [-0.05, 0) is 42.5 Å². The number of nitrogens with zero attached hydrogens (tertiary/aromatic N) is 1. The highest BCUT2D eigenvalue weighted by molar-refractivity contribution is 5.94. The normalized spacial score (nSPS) is 17.9. The molecular weight excluding hydrogens is 372 g/mol. The SMILES string of the molecule is O=C(Nc1cccc(OCC(=O)N2CCc3ccccc3C2C(=O)O)c1)C1CC1. The maximum atomic E-state index is 12.7. The van der Waals surface area contributed by atoms with Gasteiger partial charge in [0.15, 0.2) is 12.6 Å². The molecule has 2 aromatic carbocycles. The molecule has 7 nitrogen and oxygen atoms in total. The van der Waals surface area contributed by atoms with Crippen LogP contribution in [0.1, 0.15) is 30.0 Å². The van der Waals surface area contributed by atoms with Gasteiger partial charge in [-0.1, -0.05) is 30.3 Å². The van der Waals surface area contributed by atoms with E-state index in [9.17, 15) is 19.5 Å². The zero-order valence-electron chi connectivity index (χ0n) is 15.8. The van der Waals surface area contributed by atoms with Crippen molar-refractivity contribution in [2.24, 2.45) is 5.92 Å². The molecule has 0 spiro atoms. The molecule has 4 rings (SSSR count). The Labute approximate surface area is 168 Å². The van der Waals surface area contributed by atoms with Crippen molar-refractivity contribution in [1.29, 1.82) is 0 Å². The van der Waals surface area contributed by atoms with Crippen molar-refractivity contribution in [3.63, 3.8) is 0 Å². The third kappa shape index (κ3) is 4.23. The van der Waals surface area contributed by atoms with Crippen LogP contribution in [0.3, 0.4) is 0 Å². The molecule has 2 aliphatic rings. The van der Waals surface area contributed by atoms with Crippen LogP contribution < -0.4 is 10.1 Å². The highest BCUT2D eigenvalue weighted by atomic mass is 16.5. The van der Waals surface area contributed by atoms with Gasteiger partial charge in [0.2, 0.25) is 5.91 Å². The summed E-state index contributed by atoms with van der Waals surface area (Å²) in [6, 6.07) is 13.1. The Balaban J connectivity index is 1.41. The van der Waals surface area contributed by atoms with Gasteiger partial charge in [-0.15, -0.1) is 0 Å². The number of rotatable bonds is 6. The van der Waals surface area contributed by atoms with E-state index in [1.165, 1.54) is 4.90 Å². The van der Waals surface area contributed by atoms with Crippen LogP contribution in [0.25, 0.3) is 0 Å². The van der Waals surface area contributed by atoms with Gasteiger partial charge in [-0.2, -0.15) is 0 Å². The van der Waals surface area contributed by atoms with E-state index in [4.69, 9.17) is 4.74 Å². The second-order valence-electron chi connectivity index (χ2n) is 7.36. The van der Waals surface area contributed by atoms with Crippen LogP contribution in [0.2, 0.25) is 0 Å². The number of hydrogen-bond donors (Lipinski definition) is 2. The van der Waals surface area contributed by atoms with Crippen LogP contribution in [-0.4, -0.2) is 40.9 Å². The fourth-order valence-corrected chi connectivity index (χ4v) is 3.58. The molecule has 1 saturated carbocycles. The van der Waals surface area contributed by atoms with Crippen LogP contribution in [0, 0.1) is 5.92 Å². The summed E-state index contributed by atoms with van der Waals surface area (Å²) in [5, 5.41) is 12.5. The molecule has 2 amide bonds. The minimum Gasteiger partial charge on any atom is -0.484 e. The summed E-state index contributed by atoms with van der Waals surface area (Å²) in [5.74, 6) is -0.920. The minimum absolute atomic E-state index is 0.00508. The van der Waals surface area contributed by atoms with Crippen molar-refractivity contribution in [1.82, 2.24) is 4.90 Å². The zero-order valence-corrected chi connectivity index (χ0v) is 15.8. The zero-order chi connectivity index (χ0) is 20.4. The lowest BCUT2D eigenvalue weighted by molar-refractivity contribution is -0.152. The molecule has 0 bridgehead atoms. The molecule has 150 valence electrons. The van der Waals surface area contributed by atoms with E-state index in [0.717, 1.165) is 18.4 Å². The number of amides is 2. The molecule has 29 heavy (non-hydrogen) atoms. The second kappa shape index (κ2) is 7.95. The van der Waals surface area contributed by atoms with Crippen LogP contribution >= 0.6 is 0 Å². The van der Waals surface area contributed by atoms with Crippen molar-refractivity contribution in [2.75, 3.05) is 18.5 Å². The van der Waals surface area contributed by atoms with E-state index in [-0.39, 0.29) is 24.3 Å². The van der Waals surface area contributed by atoms with E-state index in [1.54, 1.807) is 36.4 Å². The molecule has 0 saturated heterocycles. The van der Waals surface area contributed by atoms with Gasteiger partial charge in [-0.3, -0.25) is 9.59 Å². The molecule has 1 fully saturated rings. The summed E-state index contributed by atoms with van der Waals surface area (Å²) >= 11 is 0. The molecule has 2 aromatic rings. The number of carbonyl (C=O) groups is 3. The predicted molar refractivity (Wildman–Crippen MR) is 106 cm³/mol. The summed E-state index contributed by atoms with van der Waals surface area (Å²) in [6.45, 7) is 0.0552. The summed E-state index contributed by atoms with van der Waals surface area (Å²) in [5.41, 5.74) is 2.20. The van der Waals surface area contributed by atoms with Crippen LogP contribution in [0.4, 0.5) is 5.69 Å². The van der Waals surface area contributed by atoms with E-state index in [0.29, 0.717) is 30.0 Å². The van der Waals surface area contributed by atoms with Gasteiger partial charge in [0.05, 0.1) is 0 Å². The van der Waals surface area contributed by atoms with Crippen LogP contribution in [0.15, 0.2) is 48.5 Å². The average Bonchev–Trinajstić information content (AvgIpc) is 3.57. The van der Waals surface area contributed by atoms with E-state index in [1.807, 2.05) is 12.1 Å². The molecule has 1 aliphatic carbocycles. The Bertz CT molecular complexity index is 954. The van der Waals surface area contributed by atoms with Crippen molar-refractivity contribution in [2.45, 2.75) is 25.3 Å². The number of nitrogens with one attached hydrogen (secondary N) is 1. The monoisotopic (exact) mass is 394 g/mol. The van der Waals surface area contributed by atoms with E-state index >= 15 is 0 Å². The van der Waals surface area contributed by atoms with E-state index in [2.05, 4.69) is 5.32 Å². The second-order valence-corrected chi connectivity index (χ2v) is 7.36. The predicted octanol–water partition coefficient (Wildman–Crippen LogP) is 2.62. The summed E-state index contributed by atoms with van der Waals surface area (Å²) in [6.07, 6.45) is 2.44. The van der Waals surface area contributed by atoms with Gasteiger partial charge in [0, 0.05) is 24.2 Å².